The first-order chi connectivity index (χ1) is 8.28. The van der Waals surface area contributed by atoms with Crippen molar-refractivity contribution in [2.75, 3.05) is 6.61 Å². The molecular formula is C15H25NO. The summed E-state index contributed by atoms with van der Waals surface area (Å²) in [6.07, 6.45) is 11.1. The van der Waals surface area contributed by atoms with Gasteiger partial charge in [0, 0.05) is 6.61 Å². The fraction of sp³-hybridized carbons (Fsp3) is 0.933. The van der Waals surface area contributed by atoms with Crippen LogP contribution in [0.15, 0.2) is 0 Å². The van der Waals surface area contributed by atoms with Crippen LogP contribution in [0.2, 0.25) is 0 Å². The summed E-state index contributed by atoms with van der Waals surface area (Å²) in [5.74, 6) is 0.874. The van der Waals surface area contributed by atoms with E-state index in [0.29, 0.717) is 6.10 Å². The van der Waals surface area contributed by atoms with Crippen LogP contribution in [0.3, 0.4) is 0 Å². The molecule has 1 aliphatic heterocycles. The molecule has 1 unspecified atom stereocenters. The van der Waals surface area contributed by atoms with Crippen LogP contribution >= 0.6 is 0 Å². The summed E-state index contributed by atoms with van der Waals surface area (Å²) in [4.78, 5) is 0. The Morgan fingerprint density at radius 3 is 2.59 bits per heavy atom. The maximum atomic E-state index is 9.48. The molecule has 1 heterocycles. The molecule has 2 rings (SSSR count). The Morgan fingerprint density at radius 1 is 1.29 bits per heavy atom. The zero-order chi connectivity index (χ0) is 12.1. The van der Waals surface area contributed by atoms with Crippen molar-refractivity contribution in [1.82, 2.24) is 0 Å². The Labute approximate surface area is 105 Å². The first-order valence-corrected chi connectivity index (χ1v) is 7.31. The van der Waals surface area contributed by atoms with E-state index in [1.807, 2.05) is 0 Å². The zero-order valence-electron chi connectivity index (χ0n) is 11.1. The van der Waals surface area contributed by atoms with Crippen LogP contribution in [0, 0.1) is 22.7 Å². The van der Waals surface area contributed by atoms with Gasteiger partial charge in [0.2, 0.25) is 0 Å². The van der Waals surface area contributed by atoms with Crippen molar-refractivity contribution in [3.63, 3.8) is 0 Å². The monoisotopic (exact) mass is 235 g/mol. The summed E-state index contributed by atoms with van der Waals surface area (Å²) < 4.78 is 5.67. The molecule has 0 aromatic carbocycles. The maximum Gasteiger partial charge on any atom is 0.0689 e. The van der Waals surface area contributed by atoms with Gasteiger partial charge in [-0.1, -0.05) is 13.3 Å². The third-order valence-electron chi connectivity index (χ3n) is 4.85. The number of nitrogens with zero attached hydrogens (tertiary/aromatic N) is 1. The lowest BCUT2D eigenvalue weighted by Crippen LogP contribution is -2.27. The number of hydrogen-bond donors (Lipinski definition) is 0. The Bertz CT molecular complexity index is 267. The Morgan fingerprint density at radius 2 is 2.06 bits per heavy atom. The summed E-state index contributed by atoms with van der Waals surface area (Å²) in [7, 11) is 0. The zero-order valence-corrected chi connectivity index (χ0v) is 11.1. The van der Waals surface area contributed by atoms with Crippen molar-refractivity contribution in [2.45, 2.75) is 70.8 Å². The molecular weight excluding hydrogens is 210 g/mol. The summed E-state index contributed by atoms with van der Waals surface area (Å²) in [6.45, 7) is 3.21. The lowest BCUT2D eigenvalue weighted by Gasteiger charge is -2.35. The third-order valence-corrected chi connectivity index (χ3v) is 4.85. The fourth-order valence-electron chi connectivity index (χ4n) is 3.37. The van der Waals surface area contributed by atoms with Gasteiger partial charge in [0.25, 0.3) is 0 Å². The molecule has 0 aromatic rings. The van der Waals surface area contributed by atoms with Gasteiger partial charge >= 0.3 is 0 Å². The molecule has 1 atom stereocenters. The molecule has 0 spiro atoms. The van der Waals surface area contributed by atoms with Gasteiger partial charge in [-0.25, -0.2) is 0 Å². The van der Waals surface area contributed by atoms with Gasteiger partial charge in [-0.3, -0.25) is 0 Å². The van der Waals surface area contributed by atoms with E-state index in [0.717, 1.165) is 38.2 Å². The topological polar surface area (TPSA) is 33.0 Å². The number of hydrogen-bond acceptors (Lipinski definition) is 2. The van der Waals surface area contributed by atoms with Gasteiger partial charge < -0.3 is 4.74 Å². The Balaban J connectivity index is 1.81. The maximum absolute atomic E-state index is 9.48. The van der Waals surface area contributed by atoms with Crippen molar-refractivity contribution in [3.05, 3.63) is 0 Å². The lowest BCUT2D eigenvalue weighted by molar-refractivity contribution is 0.0851. The fourth-order valence-corrected chi connectivity index (χ4v) is 3.37. The Hall–Kier alpha value is -0.550. The number of nitriles is 1. The minimum atomic E-state index is -0.0162. The highest BCUT2D eigenvalue weighted by molar-refractivity contribution is 5.01. The molecule has 0 radical (unpaired) electrons. The molecule has 2 nitrogen and oxygen atoms in total. The molecule has 0 amide bonds. The molecule has 0 aromatic heterocycles. The minimum Gasteiger partial charge on any atom is -0.378 e. The van der Waals surface area contributed by atoms with E-state index in [4.69, 9.17) is 4.74 Å². The van der Waals surface area contributed by atoms with E-state index in [-0.39, 0.29) is 5.41 Å². The van der Waals surface area contributed by atoms with E-state index in [9.17, 15) is 5.26 Å². The summed E-state index contributed by atoms with van der Waals surface area (Å²) in [6, 6.07) is 2.63. The van der Waals surface area contributed by atoms with Crippen LogP contribution in [0.4, 0.5) is 0 Å². The predicted molar refractivity (Wildman–Crippen MR) is 68.5 cm³/mol. The second-order valence-electron chi connectivity index (χ2n) is 5.92. The highest BCUT2D eigenvalue weighted by Gasteiger charge is 2.35. The van der Waals surface area contributed by atoms with E-state index < -0.39 is 0 Å². The molecule has 2 heteroatoms. The van der Waals surface area contributed by atoms with Crippen LogP contribution in [-0.2, 0) is 4.74 Å². The number of ether oxygens (including phenoxy) is 1. The van der Waals surface area contributed by atoms with Crippen molar-refractivity contribution < 1.29 is 4.74 Å². The summed E-state index contributed by atoms with van der Waals surface area (Å²) >= 11 is 0. The lowest BCUT2D eigenvalue weighted by atomic mass is 9.68. The molecule has 1 saturated heterocycles. The molecule has 0 bridgehead atoms. The van der Waals surface area contributed by atoms with Gasteiger partial charge in [0.05, 0.1) is 17.6 Å². The van der Waals surface area contributed by atoms with Gasteiger partial charge in [-0.05, 0) is 57.3 Å². The van der Waals surface area contributed by atoms with Gasteiger partial charge in [0.1, 0.15) is 0 Å². The second kappa shape index (κ2) is 5.87. The standard InChI is InChI=1S/C15H25NO/c1-2-13-5-8-15(12-16,9-6-13)10-7-14-4-3-11-17-14/h13-14H,2-11H2,1H3. The van der Waals surface area contributed by atoms with E-state index >= 15 is 0 Å². The molecule has 17 heavy (non-hydrogen) atoms. The predicted octanol–water partition coefficient (Wildman–Crippen LogP) is 4.06. The van der Waals surface area contributed by atoms with Crippen LogP contribution in [0.25, 0.3) is 0 Å². The molecule has 2 fully saturated rings. The third kappa shape index (κ3) is 3.22. The van der Waals surface area contributed by atoms with Crippen LogP contribution in [0.5, 0.6) is 0 Å². The molecule has 1 aliphatic carbocycles. The normalized spacial score (nSPS) is 37.9. The van der Waals surface area contributed by atoms with Crippen molar-refractivity contribution in [2.24, 2.45) is 11.3 Å². The van der Waals surface area contributed by atoms with Gasteiger partial charge in [-0.2, -0.15) is 5.26 Å². The SMILES string of the molecule is CCC1CCC(C#N)(CCC2CCCO2)CC1. The van der Waals surface area contributed by atoms with E-state index in [2.05, 4.69) is 13.0 Å². The van der Waals surface area contributed by atoms with Crippen LogP contribution in [-0.4, -0.2) is 12.7 Å². The highest BCUT2D eigenvalue weighted by Crippen LogP contribution is 2.43. The van der Waals surface area contributed by atoms with Gasteiger partial charge in [-0.15, -0.1) is 0 Å². The minimum absolute atomic E-state index is 0.0162. The highest BCUT2D eigenvalue weighted by atomic mass is 16.5. The molecule has 0 N–H and O–H groups in total. The average Bonchev–Trinajstić information content (AvgIpc) is 2.90. The first-order valence-electron chi connectivity index (χ1n) is 7.31. The average molecular weight is 235 g/mol. The van der Waals surface area contributed by atoms with E-state index in [1.165, 1.54) is 32.1 Å². The Kier molecular flexibility index (Phi) is 4.45. The van der Waals surface area contributed by atoms with Crippen molar-refractivity contribution in [3.8, 4) is 6.07 Å². The molecule has 2 aliphatic rings. The molecule has 1 saturated carbocycles. The number of rotatable bonds is 4. The van der Waals surface area contributed by atoms with Crippen LogP contribution in [0.1, 0.15) is 64.7 Å². The van der Waals surface area contributed by atoms with E-state index in [1.54, 1.807) is 0 Å². The molecule has 96 valence electrons. The summed E-state index contributed by atoms with van der Waals surface area (Å²) in [5, 5.41) is 9.48. The van der Waals surface area contributed by atoms with Crippen molar-refractivity contribution >= 4 is 0 Å². The van der Waals surface area contributed by atoms with Crippen molar-refractivity contribution in [1.29, 1.82) is 5.26 Å². The van der Waals surface area contributed by atoms with Crippen LogP contribution < -0.4 is 0 Å². The second-order valence-corrected chi connectivity index (χ2v) is 5.92. The van der Waals surface area contributed by atoms with Gasteiger partial charge in [0.15, 0.2) is 0 Å². The first kappa shape index (κ1) is 12.9. The smallest absolute Gasteiger partial charge is 0.0689 e. The largest absolute Gasteiger partial charge is 0.378 e. The summed E-state index contributed by atoms with van der Waals surface area (Å²) in [5.41, 5.74) is -0.0162. The quantitative estimate of drug-likeness (QED) is 0.736.